The first-order chi connectivity index (χ1) is 9.06. The van der Waals surface area contributed by atoms with Crippen molar-refractivity contribution in [3.8, 4) is 0 Å². The molecule has 2 atom stereocenters. The Morgan fingerprint density at radius 2 is 1.95 bits per heavy atom. The molecule has 1 amide bonds. The van der Waals surface area contributed by atoms with Crippen LogP contribution >= 0.6 is 0 Å². The average Bonchev–Trinajstić information content (AvgIpc) is 2.78. The Hall–Kier alpha value is -0.610. The molecule has 1 aliphatic heterocycles. The van der Waals surface area contributed by atoms with Gasteiger partial charge in [0.25, 0.3) is 0 Å². The summed E-state index contributed by atoms with van der Waals surface area (Å²) in [5.74, 6) is 1.62. The molecule has 2 unspecified atom stereocenters. The van der Waals surface area contributed by atoms with Gasteiger partial charge >= 0.3 is 0 Å². The van der Waals surface area contributed by atoms with Gasteiger partial charge in [0, 0.05) is 12.6 Å². The average molecular weight is 268 g/mol. The molecule has 2 aliphatic rings. The summed E-state index contributed by atoms with van der Waals surface area (Å²) in [7, 11) is 0. The summed E-state index contributed by atoms with van der Waals surface area (Å²) in [5.41, 5.74) is 5.43. The van der Waals surface area contributed by atoms with Crippen LogP contribution in [0, 0.1) is 17.3 Å². The number of carbonyl (C=O) groups excluding carboxylic acids is 1. The molecule has 0 aromatic heterocycles. The standard InChI is InChI=1S/C15H28N2O2/c1-3-11-4-6-12(7-5-11)8-17-14(18)15(2)10-19-9-13(15)16/h11-13H,3-10,16H2,1-2H3,(H,17,18). The highest BCUT2D eigenvalue weighted by Gasteiger charge is 2.44. The van der Waals surface area contributed by atoms with Crippen molar-refractivity contribution in [2.45, 2.75) is 52.0 Å². The molecule has 110 valence electrons. The number of hydrogen-bond acceptors (Lipinski definition) is 3. The minimum absolute atomic E-state index is 0.0649. The molecule has 1 aliphatic carbocycles. The van der Waals surface area contributed by atoms with E-state index >= 15 is 0 Å². The van der Waals surface area contributed by atoms with Gasteiger partial charge in [0.2, 0.25) is 5.91 Å². The summed E-state index contributed by atoms with van der Waals surface area (Å²) in [6, 6.07) is -0.177. The van der Waals surface area contributed by atoms with Gasteiger partial charge in [-0.25, -0.2) is 0 Å². The fraction of sp³-hybridized carbons (Fsp3) is 0.933. The number of carbonyl (C=O) groups is 1. The molecule has 4 heteroatoms. The monoisotopic (exact) mass is 268 g/mol. The predicted molar refractivity (Wildman–Crippen MR) is 75.7 cm³/mol. The van der Waals surface area contributed by atoms with Crippen LogP contribution < -0.4 is 11.1 Å². The number of nitrogens with one attached hydrogen (secondary N) is 1. The van der Waals surface area contributed by atoms with Crippen LogP contribution in [-0.2, 0) is 9.53 Å². The molecule has 1 heterocycles. The molecule has 0 aromatic rings. The lowest BCUT2D eigenvalue weighted by Crippen LogP contribution is -2.50. The van der Waals surface area contributed by atoms with E-state index in [4.69, 9.17) is 10.5 Å². The largest absolute Gasteiger partial charge is 0.379 e. The fourth-order valence-corrected chi connectivity index (χ4v) is 3.21. The molecule has 0 aromatic carbocycles. The Morgan fingerprint density at radius 1 is 1.32 bits per heavy atom. The molecule has 4 nitrogen and oxygen atoms in total. The summed E-state index contributed by atoms with van der Waals surface area (Å²) in [4.78, 5) is 12.3. The van der Waals surface area contributed by atoms with E-state index < -0.39 is 5.41 Å². The second kappa shape index (κ2) is 6.23. The zero-order valence-electron chi connectivity index (χ0n) is 12.3. The Balaban J connectivity index is 1.75. The van der Waals surface area contributed by atoms with Crippen LogP contribution in [0.3, 0.4) is 0 Å². The van der Waals surface area contributed by atoms with Crippen molar-refractivity contribution in [1.82, 2.24) is 5.32 Å². The summed E-state index contributed by atoms with van der Waals surface area (Å²) < 4.78 is 5.33. The number of hydrogen-bond donors (Lipinski definition) is 2. The Morgan fingerprint density at radius 3 is 2.47 bits per heavy atom. The van der Waals surface area contributed by atoms with Crippen LogP contribution in [0.4, 0.5) is 0 Å². The molecule has 0 radical (unpaired) electrons. The minimum Gasteiger partial charge on any atom is -0.379 e. The van der Waals surface area contributed by atoms with E-state index in [1.807, 2.05) is 6.92 Å². The molecule has 3 N–H and O–H groups in total. The Bertz CT molecular complexity index is 313. The van der Waals surface area contributed by atoms with Gasteiger partial charge in [0.1, 0.15) is 0 Å². The molecule has 2 fully saturated rings. The van der Waals surface area contributed by atoms with Gasteiger partial charge in [0.15, 0.2) is 0 Å². The van der Waals surface area contributed by atoms with Gasteiger partial charge in [0.05, 0.1) is 18.6 Å². The maximum Gasteiger partial charge on any atom is 0.229 e. The summed E-state index contributed by atoms with van der Waals surface area (Å²) in [5, 5.41) is 3.10. The maximum absolute atomic E-state index is 12.3. The lowest BCUT2D eigenvalue weighted by molar-refractivity contribution is -0.130. The SMILES string of the molecule is CCC1CCC(CNC(=O)C2(C)COCC2N)CC1. The van der Waals surface area contributed by atoms with E-state index in [-0.39, 0.29) is 11.9 Å². The van der Waals surface area contributed by atoms with Gasteiger partial charge < -0.3 is 15.8 Å². The molecular weight excluding hydrogens is 240 g/mol. The lowest BCUT2D eigenvalue weighted by Gasteiger charge is -2.30. The second-order valence-electron chi connectivity index (χ2n) is 6.54. The van der Waals surface area contributed by atoms with E-state index in [1.54, 1.807) is 0 Å². The van der Waals surface area contributed by atoms with E-state index in [2.05, 4.69) is 12.2 Å². The van der Waals surface area contributed by atoms with Crippen LogP contribution in [0.25, 0.3) is 0 Å². The summed E-state index contributed by atoms with van der Waals surface area (Å²) in [6.07, 6.45) is 6.42. The number of amides is 1. The first-order valence-electron chi connectivity index (χ1n) is 7.68. The quantitative estimate of drug-likeness (QED) is 0.815. The molecule has 19 heavy (non-hydrogen) atoms. The summed E-state index contributed by atoms with van der Waals surface area (Å²) in [6.45, 7) is 5.93. The summed E-state index contributed by atoms with van der Waals surface area (Å²) >= 11 is 0. The zero-order chi connectivity index (χ0) is 13.9. The smallest absolute Gasteiger partial charge is 0.229 e. The van der Waals surface area contributed by atoms with Crippen LogP contribution in [0.5, 0.6) is 0 Å². The minimum atomic E-state index is -0.541. The van der Waals surface area contributed by atoms with Crippen molar-refractivity contribution >= 4 is 5.91 Å². The Labute approximate surface area is 116 Å². The lowest BCUT2D eigenvalue weighted by atomic mass is 9.80. The molecular formula is C15H28N2O2. The third-order valence-corrected chi connectivity index (χ3v) is 5.13. The number of rotatable bonds is 4. The van der Waals surface area contributed by atoms with Crippen molar-refractivity contribution < 1.29 is 9.53 Å². The third kappa shape index (κ3) is 3.29. The van der Waals surface area contributed by atoms with Crippen molar-refractivity contribution in [2.75, 3.05) is 19.8 Å². The van der Waals surface area contributed by atoms with E-state index in [0.717, 1.165) is 12.5 Å². The highest BCUT2D eigenvalue weighted by atomic mass is 16.5. The Kier molecular flexibility index (Phi) is 4.85. The van der Waals surface area contributed by atoms with Gasteiger partial charge in [-0.3, -0.25) is 4.79 Å². The zero-order valence-corrected chi connectivity index (χ0v) is 12.3. The first-order valence-corrected chi connectivity index (χ1v) is 7.68. The molecule has 1 saturated heterocycles. The van der Waals surface area contributed by atoms with E-state index in [1.165, 1.54) is 32.1 Å². The van der Waals surface area contributed by atoms with Crippen LogP contribution in [0.15, 0.2) is 0 Å². The molecule has 2 rings (SSSR count). The van der Waals surface area contributed by atoms with E-state index in [9.17, 15) is 4.79 Å². The predicted octanol–water partition coefficient (Wildman–Crippen LogP) is 1.68. The molecule has 0 bridgehead atoms. The van der Waals surface area contributed by atoms with Gasteiger partial charge in [-0.05, 0) is 31.6 Å². The third-order valence-electron chi connectivity index (χ3n) is 5.13. The van der Waals surface area contributed by atoms with Crippen LogP contribution in [-0.4, -0.2) is 31.7 Å². The molecule has 0 spiro atoms. The van der Waals surface area contributed by atoms with Crippen molar-refractivity contribution in [1.29, 1.82) is 0 Å². The fourth-order valence-electron chi connectivity index (χ4n) is 3.21. The van der Waals surface area contributed by atoms with Gasteiger partial charge in [-0.1, -0.05) is 26.2 Å². The van der Waals surface area contributed by atoms with Crippen molar-refractivity contribution in [3.05, 3.63) is 0 Å². The van der Waals surface area contributed by atoms with Crippen molar-refractivity contribution in [3.63, 3.8) is 0 Å². The number of ether oxygens (including phenoxy) is 1. The van der Waals surface area contributed by atoms with Gasteiger partial charge in [-0.15, -0.1) is 0 Å². The van der Waals surface area contributed by atoms with Crippen molar-refractivity contribution in [2.24, 2.45) is 23.0 Å². The highest BCUT2D eigenvalue weighted by Crippen LogP contribution is 2.31. The highest BCUT2D eigenvalue weighted by molar-refractivity contribution is 5.83. The topological polar surface area (TPSA) is 64.3 Å². The molecule has 1 saturated carbocycles. The van der Waals surface area contributed by atoms with E-state index in [0.29, 0.717) is 19.1 Å². The maximum atomic E-state index is 12.3. The van der Waals surface area contributed by atoms with Gasteiger partial charge in [-0.2, -0.15) is 0 Å². The second-order valence-corrected chi connectivity index (χ2v) is 6.54. The first kappa shape index (κ1) is 14.8. The van der Waals surface area contributed by atoms with Crippen LogP contribution in [0.2, 0.25) is 0 Å². The normalized spacial score (nSPS) is 39.2. The number of nitrogens with two attached hydrogens (primary N) is 1. The van der Waals surface area contributed by atoms with Crippen LogP contribution in [0.1, 0.15) is 46.0 Å².